The fourth-order valence-electron chi connectivity index (χ4n) is 2.19. The lowest BCUT2D eigenvalue weighted by Crippen LogP contribution is -2.13. The lowest BCUT2D eigenvalue weighted by Gasteiger charge is -2.10. The molecule has 1 unspecified atom stereocenters. The first-order valence-corrected chi connectivity index (χ1v) is 8.87. The monoisotopic (exact) mass is 359 g/mol. The molecule has 1 atom stereocenters. The number of aliphatic carboxylic acids is 1. The van der Waals surface area contributed by atoms with Gasteiger partial charge in [0, 0.05) is 22.8 Å². The second kappa shape index (κ2) is 9.13. The third-order valence-electron chi connectivity index (χ3n) is 3.70. The van der Waals surface area contributed by atoms with Gasteiger partial charge in [-0.25, -0.2) is 0 Å². The van der Waals surface area contributed by atoms with Crippen molar-refractivity contribution in [3.63, 3.8) is 0 Å². The van der Waals surface area contributed by atoms with Gasteiger partial charge in [-0.3, -0.25) is 9.59 Å². The second-order valence-corrected chi connectivity index (χ2v) is 6.68. The Labute approximate surface area is 151 Å². The summed E-state index contributed by atoms with van der Waals surface area (Å²) in [6, 6.07) is 14.6. The fraction of sp³-hybridized carbons (Fsp3) is 0.263. The highest BCUT2D eigenvalue weighted by molar-refractivity contribution is 7.99. The topological polar surface area (TPSA) is 75.6 Å². The number of carbonyl (C=O) groups excluding carboxylic acids is 1. The third-order valence-corrected chi connectivity index (χ3v) is 4.71. The number of amides is 1. The van der Waals surface area contributed by atoms with E-state index in [4.69, 9.17) is 9.84 Å². The van der Waals surface area contributed by atoms with Crippen LogP contribution in [-0.2, 0) is 9.59 Å². The molecule has 0 aromatic heterocycles. The summed E-state index contributed by atoms with van der Waals surface area (Å²) >= 11 is 1.60. The average Bonchev–Trinajstić information content (AvgIpc) is 2.61. The van der Waals surface area contributed by atoms with Crippen molar-refractivity contribution in [2.75, 3.05) is 18.2 Å². The van der Waals surface area contributed by atoms with Crippen molar-refractivity contribution in [3.8, 4) is 5.75 Å². The molecule has 2 aromatic carbocycles. The van der Waals surface area contributed by atoms with Crippen molar-refractivity contribution in [1.29, 1.82) is 0 Å². The summed E-state index contributed by atoms with van der Waals surface area (Å²) in [5.41, 5.74) is 1.28. The largest absolute Gasteiger partial charge is 0.497 e. The van der Waals surface area contributed by atoms with Gasteiger partial charge in [-0.1, -0.05) is 12.1 Å². The van der Waals surface area contributed by atoms with Crippen molar-refractivity contribution >= 4 is 29.3 Å². The molecule has 2 aromatic rings. The van der Waals surface area contributed by atoms with Gasteiger partial charge in [0.05, 0.1) is 13.0 Å². The molecule has 0 heterocycles. The van der Waals surface area contributed by atoms with E-state index in [9.17, 15) is 9.59 Å². The van der Waals surface area contributed by atoms with Gasteiger partial charge in [0.2, 0.25) is 5.91 Å². The summed E-state index contributed by atoms with van der Waals surface area (Å²) in [7, 11) is 1.62. The predicted octanol–water partition coefficient (Wildman–Crippen LogP) is 4.00. The Morgan fingerprint density at radius 2 is 1.92 bits per heavy atom. The van der Waals surface area contributed by atoms with Crippen LogP contribution in [0.3, 0.4) is 0 Å². The molecule has 0 aliphatic carbocycles. The van der Waals surface area contributed by atoms with Crippen LogP contribution in [-0.4, -0.2) is 29.8 Å². The highest BCUT2D eigenvalue weighted by atomic mass is 32.2. The van der Waals surface area contributed by atoms with Crippen molar-refractivity contribution in [3.05, 3.63) is 54.1 Å². The maximum Gasteiger partial charge on any atom is 0.310 e. The number of thioether (sulfide) groups is 1. The first-order chi connectivity index (χ1) is 12.0. The molecule has 0 fully saturated rings. The van der Waals surface area contributed by atoms with Crippen LogP contribution in [0.4, 0.5) is 5.69 Å². The number of hydrogen-bond donors (Lipinski definition) is 2. The van der Waals surface area contributed by atoms with Gasteiger partial charge in [-0.05, 0) is 48.9 Å². The molecular formula is C19H21NO4S. The van der Waals surface area contributed by atoms with Crippen LogP contribution in [0, 0.1) is 0 Å². The molecule has 2 rings (SSSR count). The van der Waals surface area contributed by atoms with E-state index in [2.05, 4.69) is 5.32 Å². The lowest BCUT2D eigenvalue weighted by atomic mass is 10.0. The Bertz CT molecular complexity index is 730. The lowest BCUT2D eigenvalue weighted by molar-refractivity contribution is -0.138. The Morgan fingerprint density at radius 3 is 2.56 bits per heavy atom. The highest BCUT2D eigenvalue weighted by Gasteiger charge is 2.14. The van der Waals surface area contributed by atoms with Gasteiger partial charge in [0.1, 0.15) is 5.75 Å². The Balaban J connectivity index is 1.83. The van der Waals surface area contributed by atoms with E-state index < -0.39 is 11.9 Å². The predicted molar refractivity (Wildman–Crippen MR) is 99.5 cm³/mol. The van der Waals surface area contributed by atoms with Crippen molar-refractivity contribution < 1.29 is 19.4 Å². The number of carbonyl (C=O) groups is 2. The van der Waals surface area contributed by atoms with Crippen LogP contribution in [0.1, 0.15) is 24.8 Å². The highest BCUT2D eigenvalue weighted by Crippen LogP contribution is 2.23. The quantitative estimate of drug-likeness (QED) is 0.697. The molecule has 6 heteroatoms. The van der Waals surface area contributed by atoms with Gasteiger partial charge in [0.15, 0.2) is 0 Å². The van der Waals surface area contributed by atoms with Gasteiger partial charge < -0.3 is 15.2 Å². The molecule has 2 N–H and O–H groups in total. The standard InChI is InChI=1S/C19H21NO4S/c1-13(19(22)23)14-4-3-5-15(12-14)20-18(21)10-11-25-17-8-6-16(24-2)7-9-17/h3-9,12-13H,10-11H2,1-2H3,(H,20,21)(H,22,23). The number of carboxylic acid groups (broad SMARTS) is 1. The molecule has 1 amide bonds. The number of nitrogens with one attached hydrogen (secondary N) is 1. The first kappa shape index (κ1) is 18.9. The van der Waals surface area contributed by atoms with E-state index in [-0.39, 0.29) is 5.91 Å². The van der Waals surface area contributed by atoms with Crippen LogP contribution >= 0.6 is 11.8 Å². The summed E-state index contributed by atoms with van der Waals surface area (Å²) < 4.78 is 5.11. The summed E-state index contributed by atoms with van der Waals surface area (Å²) in [5, 5.41) is 11.9. The number of rotatable bonds is 8. The molecule has 0 radical (unpaired) electrons. The molecule has 0 saturated heterocycles. The smallest absolute Gasteiger partial charge is 0.310 e. The summed E-state index contributed by atoms with van der Waals surface area (Å²) in [6.45, 7) is 1.62. The van der Waals surface area contributed by atoms with Crippen LogP contribution in [0.15, 0.2) is 53.4 Å². The summed E-state index contributed by atoms with van der Waals surface area (Å²) in [6.07, 6.45) is 0.370. The molecule has 0 aliphatic rings. The Hall–Kier alpha value is -2.47. The van der Waals surface area contributed by atoms with Crippen LogP contribution in [0.5, 0.6) is 5.75 Å². The zero-order valence-corrected chi connectivity index (χ0v) is 15.0. The SMILES string of the molecule is COc1ccc(SCCC(=O)Nc2cccc(C(C)C(=O)O)c2)cc1. The first-order valence-electron chi connectivity index (χ1n) is 7.89. The molecule has 132 valence electrons. The number of ether oxygens (including phenoxy) is 1. The van der Waals surface area contributed by atoms with Crippen molar-refractivity contribution in [2.45, 2.75) is 24.2 Å². The van der Waals surface area contributed by atoms with Crippen molar-refractivity contribution in [1.82, 2.24) is 0 Å². The van der Waals surface area contributed by atoms with Crippen molar-refractivity contribution in [2.24, 2.45) is 0 Å². The van der Waals surface area contributed by atoms with Gasteiger partial charge in [0.25, 0.3) is 0 Å². The van der Waals surface area contributed by atoms with Crippen LogP contribution in [0.2, 0.25) is 0 Å². The molecule has 0 bridgehead atoms. The maximum absolute atomic E-state index is 12.1. The number of carboxylic acids is 1. The fourth-order valence-corrected chi connectivity index (χ4v) is 3.04. The van der Waals surface area contributed by atoms with E-state index in [1.54, 1.807) is 50.1 Å². The van der Waals surface area contributed by atoms with Crippen LogP contribution in [0.25, 0.3) is 0 Å². The van der Waals surface area contributed by atoms with Gasteiger partial charge >= 0.3 is 5.97 Å². The minimum atomic E-state index is -0.889. The summed E-state index contributed by atoms with van der Waals surface area (Å²) in [4.78, 5) is 24.2. The second-order valence-electron chi connectivity index (χ2n) is 5.51. The van der Waals surface area contributed by atoms with E-state index in [1.807, 2.05) is 24.3 Å². The minimum absolute atomic E-state index is 0.0962. The van der Waals surface area contributed by atoms with E-state index in [1.165, 1.54) is 0 Å². The molecule has 5 nitrogen and oxygen atoms in total. The zero-order valence-electron chi connectivity index (χ0n) is 14.2. The number of benzene rings is 2. The molecule has 0 aliphatic heterocycles. The maximum atomic E-state index is 12.1. The van der Waals surface area contributed by atoms with Gasteiger partial charge in [-0.2, -0.15) is 0 Å². The molecule has 0 spiro atoms. The molecule has 25 heavy (non-hydrogen) atoms. The minimum Gasteiger partial charge on any atom is -0.497 e. The van der Waals surface area contributed by atoms with E-state index in [0.717, 1.165) is 10.6 Å². The number of anilines is 1. The van der Waals surface area contributed by atoms with Crippen LogP contribution < -0.4 is 10.1 Å². The Morgan fingerprint density at radius 1 is 1.20 bits per heavy atom. The molecule has 0 saturated carbocycles. The zero-order chi connectivity index (χ0) is 18.2. The number of hydrogen-bond acceptors (Lipinski definition) is 4. The van der Waals surface area contributed by atoms with E-state index in [0.29, 0.717) is 23.4 Å². The molecular weight excluding hydrogens is 338 g/mol. The van der Waals surface area contributed by atoms with E-state index >= 15 is 0 Å². The third kappa shape index (κ3) is 5.83. The Kier molecular flexibility index (Phi) is 6.89. The van der Waals surface area contributed by atoms with Gasteiger partial charge in [-0.15, -0.1) is 11.8 Å². The normalized spacial score (nSPS) is 11.6. The number of methoxy groups -OCH3 is 1. The summed E-state index contributed by atoms with van der Waals surface area (Å²) in [5.74, 6) is -0.135. The average molecular weight is 359 g/mol.